The van der Waals surface area contributed by atoms with Crippen molar-refractivity contribution >= 4 is 39.0 Å². The van der Waals surface area contributed by atoms with Crippen molar-refractivity contribution in [3.8, 4) is 0 Å². The summed E-state index contributed by atoms with van der Waals surface area (Å²) in [5.74, 6) is 0.741. The van der Waals surface area contributed by atoms with Crippen molar-refractivity contribution in [2.24, 2.45) is 0 Å². The standard InChI is InChI=1S/C14H14Cl2N4O2S/c15-11-3-1-4-12(14(11)16)23(21,22)20-9-7-19(8-10-20)13-5-2-6-17-18-13/h1-6H,7-10H2. The second-order valence-corrected chi connectivity index (χ2v) is 7.72. The number of rotatable bonds is 3. The second-order valence-electron chi connectivity index (χ2n) is 5.02. The molecule has 0 aliphatic carbocycles. The lowest BCUT2D eigenvalue weighted by molar-refractivity contribution is 0.383. The van der Waals surface area contributed by atoms with Crippen LogP contribution in [0.2, 0.25) is 10.0 Å². The molecule has 0 amide bonds. The first-order valence-corrected chi connectivity index (χ1v) is 9.16. The molecule has 0 atom stereocenters. The van der Waals surface area contributed by atoms with Crippen LogP contribution in [0, 0.1) is 0 Å². The first-order chi connectivity index (χ1) is 11.0. The summed E-state index contributed by atoms with van der Waals surface area (Å²) >= 11 is 12.0. The molecule has 1 saturated heterocycles. The highest BCUT2D eigenvalue weighted by atomic mass is 35.5. The van der Waals surface area contributed by atoms with Crippen molar-refractivity contribution < 1.29 is 8.42 Å². The third-order valence-corrected chi connectivity index (χ3v) is 6.53. The summed E-state index contributed by atoms with van der Waals surface area (Å²) in [6.45, 7) is 1.77. The van der Waals surface area contributed by atoms with Gasteiger partial charge in [0.05, 0.1) is 10.0 Å². The summed E-state index contributed by atoms with van der Waals surface area (Å²) in [5, 5.41) is 8.17. The number of sulfonamides is 1. The van der Waals surface area contributed by atoms with Gasteiger partial charge in [-0.15, -0.1) is 5.10 Å². The molecule has 1 fully saturated rings. The van der Waals surface area contributed by atoms with Crippen molar-refractivity contribution in [2.45, 2.75) is 4.90 Å². The van der Waals surface area contributed by atoms with E-state index in [1.165, 1.54) is 10.4 Å². The summed E-state index contributed by atoms with van der Waals surface area (Å²) in [6.07, 6.45) is 1.60. The second kappa shape index (κ2) is 6.60. The van der Waals surface area contributed by atoms with Gasteiger partial charge in [-0.2, -0.15) is 9.40 Å². The molecule has 1 aliphatic rings. The Balaban J connectivity index is 1.78. The molecule has 23 heavy (non-hydrogen) atoms. The molecule has 0 N–H and O–H groups in total. The van der Waals surface area contributed by atoms with Crippen LogP contribution >= 0.6 is 23.2 Å². The Labute approximate surface area is 144 Å². The topological polar surface area (TPSA) is 66.4 Å². The summed E-state index contributed by atoms with van der Waals surface area (Å²) < 4.78 is 26.9. The monoisotopic (exact) mass is 372 g/mol. The number of anilines is 1. The molecule has 6 nitrogen and oxygen atoms in total. The molecule has 9 heteroatoms. The lowest BCUT2D eigenvalue weighted by Gasteiger charge is -2.34. The van der Waals surface area contributed by atoms with Crippen LogP contribution in [0.3, 0.4) is 0 Å². The van der Waals surface area contributed by atoms with Crippen LogP contribution in [-0.4, -0.2) is 49.1 Å². The van der Waals surface area contributed by atoms with Crippen molar-refractivity contribution in [2.75, 3.05) is 31.1 Å². The van der Waals surface area contributed by atoms with E-state index in [2.05, 4.69) is 10.2 Å². The maximum Gasteiger partial charge on any atom is 0.244 e. The molecule has 1 aliphatic heterocycles. The van der Waals surface area contributed by atoms with Gasteiger partial charge in [-0.1, -0.05) is 29.3 Å². The minimum absolute atomic E-state index is 0.0413. The molecule has 0 spiro atoms. The van der Waals surface area contributed by atoms with Crippen LogP contribution in [0.4, 0.5) is 5.82 Å². The molecular formula is C14H14Cl2N4O2S. The molecular weight excluding hydrogens is 359 g/mol. The third-order valence-electron chi connectivity index (χ3n) is 3.65. The van der Waals surface area contributed by atoms with Gasteiger partial charge in [0.15, 0.2) is 5.82 Å². The van der Waals surface area contributed by atoms with Gasteiger partial charge in [0.2, 0.25) is 10.0 Å². The van der Waals surface area contributed by atoms with Crippen molar-refractivity contribution in [3.05, 3.63) is 46.6 Å². The molecule has 0 unspecified atom stereocenters. The molecule has 3 rings (SSSR count). The number of hydrogen-bond acceptors (Lipinski definition) is 5. The third kappa shape index (κ3) is 3.28. The highest BCUT2D eigenvalue weighted by Gasteiger charge is 2.31. The van der Waals surface area contributed by atoms with Crippen LogP contribution in [0.5, 0.6) is 0 Å². The Kier molecular flexibility index (Phi) is 4.72. The lowest BCUT2D eigenvalue weighted by atomic mass is 10.3. The average Bonchev–Trinajstić information content (AvgIpc) is 2.58. The van der Waals surface area contributed by atoms with E-state index in [4.69, 9.17) is 23.2 Å². The van der Waals surface area contributed by atoms with E-state index in [0.717, 1.165) is 5.82 Å². The Morgan fingerprint density at radius 2 is 1.74 bits per heavy atom. The van der Waals surface area contributed by atoms with E-state index in [1.54, 1.807) is 24.4 Å². The molecule has 1 aromatic carbocycles. The number of piperazine rings is 1. The fraction of sp³-hybridized carbons (Fsp3) is 0.286. The zero-order valence-corrected chi connectivity index (χ0v) is 14.4. The van der Waals surface area contributed by atoms with Crippen molar-refractivity contribution in [1.82, 2.24) is 14.5 Å². The SMILES string of the molecule is O=S(=O)(c1cccc(Cl)c1Cl)N1CCN(c2cccnn2)CC1. The van der Waals surface area contributed by atoms with Crippen LogP contribution < -0.4 is 4.90 Å². The molecule has 0 saturated carbocycles. The maximum absolute atomic E-state index is 12.7. The van der Waals surface area contributed by atoms with Gasteiger partial charge in [-0.25, -0.2) is 8.42 Å². The zero-order chi connectivity index (χ0) is 16.4. The van der Waals surface area contributed by atoms with Gasteiger partial charge in [-0.3, -0.25) is 0 Å². The van der Waals surface area contributed by atoms with Gasteiger partial charge in [0, 0.05) is 32.4 Å². The average molecular weight is 373 g/mol. The predicted molar refractivity (Wildman–Crippen MR) is 89.5 cm³/mol. The number of benzene rings is 1. The Morgan fingerprint density at radius 1 is 1.00 bits per heavy atom. The van der Waals surface area contributed by atoms with Gasteiger partial charge < -0.3 is 4.90 Å². The summed E-state index contributed by atoms with van der Waals surface area (Å²) in [4.78, 5) is 2.04. The molecule has 0 radical (unpaired) electrons. The van der Waals surface area contributed by atoms with Gasteiger partial charge >= 0.3 is 0 Å². The maximum atomic E-state index is 12.7. The van der Waals surface area contributed by atoms with E-state index in [1.807, 2.05) is 11.0 Å². The highest BCUT2D eigenvalue weighted by molar-refractivity contribution is 7.89. The fourth-order valence-electron chi connectivity index (χ4n) is 2.44. The van der Waals surface area contributed by atoms with Crippen LogP contribution in [0.1, 0.15) is 0 Å². The predicted octanol–water partition coefficient (Wildman–Crippen LogP) is 2.29. The first-order valence-electron chi connectivity index (χ1n) is 6.97. The molecule has 0 bridgehead atoms. The first kappa shape index (κ1) is 16.4. The van der Waals surface area contributed by atoms with E-state index < -0.39 is 10.0 Å². The van der Waals surface area contributed by atoms with E-state index in [-0.39, 0.29) is 14.9 Å². The summed E-state index contributed by atoms with van der Waals surface area (Å²) in [5.41, 5.74) is 0. The van der Waals surface area contributed by atoms with Crippen LogP contribution in [-0.2, 0) is 10.0 Å². The summed E-state index contributed by atoms with van der Waals surface area (Å²) in [6, 6.07) is 8.27. The lowest BCUT2D eigenvalue weighted by Crippen LogP contribution is -2.49. The van der Waals surface area contributed by atoms with E-state index in [9.17, 15) is 8.42 Å². The Bertz CT molecular complexity index is 794. The largest absolute Gasteiger partial charge is 0.352 e. The Morgan fingerprint density at radius 3 is 2.39 bits per heavy atom. The minimum atomic E-state index is -3.67. The molecule has 1 aromatic heterocycles. The molecule has 2 aromatic rings. The normalized spacial score (nSPS) is 16.5. The van der Waals surface area contributed by atoms with Gasteiger partial charge in [-0.05, 0) is 24.3 Å². The highest BCUT2D eigenvalue weighted by Crippen LogP contribution is 2.31. The minimum Gasteiger partial charge on any atom is -0.352 e. The smallest absolute Gasteiger partial charge is 0.244 e. The van der Waals surface area contributed by atoms with Crippen molar-refractivity contribution in [3.63, 3.8) is 0 Å². The van der Waals surface area contributed by atoms with Gasteiger partial charge in [0.25, 0.3) is 0 Å². The quantitative estimate of drug-likeness (QED) is 0.826. The molecule has 2 heterocycles. The Hall–Kier alpha value is -1.41. The van der Waals surface area contributed by atoms with E-state index >= 15 is 0 Å². The van der Waals surface area contributed by atoms with E-state index in [0.29, 0.717) is 26.2 Å². The van der Waals surface area contributed by atoms with Crippen molar-refractivity contribution in [1.29, 1.82) is 0 Å². The fourth-order valence-corrected chi connectivity index (χ4v) is 4.60. The van der Waals surface area contributed by atoms with Crippen LogP contribution in [0.25, 0.3) is 0 Å². The molecule has 122 valence electrons. The summed E-state index contributed by atoms with van der Waals surface area (Å²) in [7, 11) is -3.67. The van der Waals surface area contributed by atoms with Crippen LogP contribution in [0.15, 0.2) is 41.4 Å². The number of halogens is 2. The number of aromatic nitrogens is 2. The number of nitrogens with zero attached hydrogens (tertiary/aromatic N) is 4. The van der Waals surface area contributed by atoms with Gasteiger partial charge in [0.1, 0.15) is 4.90 Å². The number of hydrogen-bond donors (Lipinski definition) is 0. The zero-order valence-electron chi connectivity index (χ0n) is 12.1.